The third kappa shape index (κ3) is 3.98. The van der Waals surface area contributed by atoms with Crippen molar-refractivity contribution < 1.29 is 4.79 Å². The minimum Gasteiger partial charge on any atom is -0.319 e. The number of hydrogen-bond acceptors (Lipinski definition) is 3. The Morgan fingerprint density at radius 1 is 0.933 bits per heavy atom. The molecule has 1 aromatic heterocycles. The summed E-state index contributed by atoms with van der Waals surface area (Å²) in [7, 11) is 0. The van der Waals surface area contributed by atoms with Crippen LogP contribution in [0.25, 0.3) is 17.1 Å². The maximum atomic E-state index is 12.9. The van der Waals surface area contributed by atoms with Gasteiger partial charge in [-0.25, -0.2) is 9.67 Å². The Hall–Kier alpha value is -3.44. The van der Waals surface area contributed by atoms with E-state index in [1.54, 1.807) is 16.8 Å². The lowest BCUT2D eigenvalue weighted by Crippen LogP contribution is -2.15. The zero-order chi connectivity index (χ0) is 21.3. The Kier molecular flexibility index (Phi) is 5.38. The molecular formula is C24H21ClN4O. The van der Waals surface area contributed by atoms with Gasteiger partial charge in [-0.2, -0.15) is 0 Å². The highest BCUT2D eigenvalue weighted by Gasteiger charge is 2.20. The first kappa shape index (κ1) is 19.9. The molecule has 0 saturated heterocycles. The van der Waals surface area contributed by atoms with Crippen LogP contribution in [-0.4, -0.2) is 20.7 Å². The molecule has 0 saturated carbocycles. The van der Waals surface area contributed by atoms with Crippen LogP contribution in [0.1, 0.15) is 27.3 Å². The van der Waals surface area contributed by atoms with Gasteiger partial charge in [-0.3, -0.25) is 4.79 Å². The Morgan fingerprint density at radius 2 is 1.67 bits per heavy atom. The van der Waals surface area contributed by atoms with Gasteiger partial charge in [0.1, 0.15) is 0 Å². The molecule has 0 fully saturated rings. The van der Waals surface area contributed by atoms with Crippen LogP contribution in [0.15, 0.2) is 66.7 Å². The largest absolute Gasteiger partial charge is 0.319 e. The molecule has 4 rings (SSSR count). The summed E-state index contributed by atoms with van der Waals surface area (Å²) in [5.41, 5.74) is 5.53. The molecule has 0 spiro atoms. The molecule has 30 heavy (non-hydrogen) atoms. The van der Waals surface area contributed by atoms with Gasteiger partial charge in [-0.05, 0) is 73.9 Å². The van der Waals surface area contributed by atoms with E-state index >= 15 is 0 Å². The Labute approximate surface area is 180 Å². The molecule has 4 aromatic rings. The summed E-state index contributed by atoms with van der Waals surface area (Å²) in [5.74, 6) is 0.322. The number of carbonyl (C=O) groups excluding carboxylic acids is 1. The molecule has 1 heterocycles. The number of carbonyl (C=O) groups is 1. The quantitative estimate of drug-likeness (QED) is 0.459. The van der Waals surface area contributed by atoms with Crippen molar-refractivity contribution in [1.82, 2.24) is 14.8 Å². The first-order chi connectivity index (χ1) is 14.4. The van der Waals surface area contributed by atoms with Crippen LogP contribution in [0.2, 0.25) is 5.02 Å². The van der Waals surface area contributed by atoms with Gasteiger partial charge in [0.15, 0.2) is 5.82 Å². The molecule has 0 aliphatic rings. The van der Waals surface area contributed by atoms with Gasteiger partial charge in [0.25, 0.3) is 5.91 Å². The number of nitrogens with zero attached hydrogens (tertiary/aromatic N) is 3. The number of rotatable bonds is 4. The molecule has 150 valence electrons. The van der Waals surface area contributed by atoms with E-state index in [0.29, 0.717) is 10.8 Å². The SMILES string of the molecule is Cc1ccc(C)c(-n2nc(C(=O)Nc3ccccc3C)nc2-c2ccc(Cl)cc2)c1. The van der Waals surface area contributed by atoms with Crippen LogP contribution in [0, 0.1) is 20.8 Å². The fourth-order valence-electron chi connectivity index (χ4n) is 3.20. The summed E-state index contributed by atoms with van der Waals surface area (Å²) in [6.07, 6.45) is 0. The van der Waals surface area contributed by atoms with Gasteiger partial charge in [-0.15, -0.1) is 5.10 Å². The van der Waals surface area contributed by atoms with Gasteiger partial charge in [0.05, 0.1) is 5.69 Å². The first-order valence-electron chi connectivity index (χ1n) is 9.60. The zero-order valence-electron chi connectivity index (χ0n) is 17.0. The highest BCUT2D eigenvalue weighted by Crippen LogP contribution is 2.25. The molecule has 0 radical (unpaired) electrons. The number of nitrogens with one attached hydrogen (secondary N) is 1. The number of hydrogen-bond donors (Lipinski definition) is 1. The smallest absolute Gasteiger partial charge is 0.295 e. The maximum Gasteiger partial charge on any atom is 0.295 e. The minimum atomic E-state index is -0.358. The van der Waals surface area contributed by atoms with E-state index in [9.17, 15) is 4.79 Å². The molecular weight excluding hydrogens is 396 g/mol. The lowest BCUT2D eigenvalue weighted by molar-refractivity contribution is 0.101. The van der Waals surface area contributed by atoms with Crippen LogP contribution in [0.4, 0.5) is 5.69 Å². The lowest BCUT2D eigenvalue weighted by Gasteiger charge is -2.10. The number of aryl methyl sites for hydroxylation is 3. The molecule has 6 heteroatoms. The Bertz CT molecular complexity index is 1230. The number of amides is 1. The minimum absolute atomic E-state index is 0.101. The van der Waals surface area contributed by atoms with E-state index in [1.807, 2.05) is 75.4 Å². The average molecular weight is 417 g/mol. The van der Waals surface area contributed by atoms with Crippen molar-refractivity contribution in [2.24, 2.45) is 0 Å². The van der Waals surface area contributed by atoms with Crippen molar-refractivity contribution in [3.63, 3.8) is 0 Å². The molecule has 0 atom stereocenters. The van der Waals surface area contributed by atoms with Crippen LogP contribution in [0.5, 0.6) is 0 Å². The fraction of sp³-hybridized carbons (Fsp3) is 0.125. The summed E-state index contributed by atoms with van der Waals surface area (Å²) in [4.78, 5) is 17.5. The predicted octanol–water partition coefficient (Wildman–Crippen LogP) is 5.77. The molecule has 5 nitrogen and oxygen atoms in total. The number of benzene rings is 3. The van der Waals surface area contributed by atoms with E-state index in [2.05, 4.69) is 15.4 Å². The third-order valence-electron chi connectivity index (χ3n) is 4.90. The summed E-state index contributed by atoms with van der Waals surface area (Å²) < 4.78 is 1.72. The molecule has 0 aliphatic heterocycles. The van der Waals surface area contributed by atoms with E-state index in [4.69, 9.17) is 11.6 Å². The summed E-state index contributed by atoms with van der Waals surface area (Å²) >= 11 is 6.06. The van der Waals surface area contributed by atoms with Crippen LogP contribution in [-0.2, 0) is 0 Å². The molecule has 0 bridgehead atoms. The lowest BCUT2D eigenvalue weighted by atomic mass is 10.1. The van der Waals surface area contributed by atoms with Gasteiger partial charge in [0, 0.05) is 16.3 Å². The topological polar surface area (TPSA) is 59.8 Å². The van der Waals surface area contributed by atoms with Crippen molar-refractivity contribution >= 4 is 23.2 Å². The van der Waals surface area contributed by atoms with Crippen LogP contribution in [0.3, 0.4) is 0 Å². The standard InChI is InChI=1S/C24H21ClN4O/c1-15-8-9-17(3)21(14-15)29-23(18-10-12-19(25)13-11-18)27-22(28-29)24(30)26-20-7-5-4-6-16(20)2/h4-14H,1-3H3,(H,26,30). The van der Waals surface area contributed by atoms with Crippen molar-refractivity contribution in [2.45, 2.75) is 20.8 Å². The van der Waals surface area contributed by atoms with Crippen molar-refractivity contribution in [3.05, 3.63) is 94.3 Å². The second kappa shape index (κ2) is 8.13. The summed E-state index contributed by atoms with van der Waals surface area (Å²) in [6, 6.07) is 21.1. The summed E-state index contributed by atoms with van der Waals surface area (Å²) in [6.45, 7) is 5.97. The monoisotopic (exact) mass is 416 g/mol. The fourth-order valence-corrected chi connectivity index (χ4v) is 3.33. The average Bonchev–Trinajstić information content (AvgIpc) is 3.17. The predicted molar refractivity (Wildman–Crippen MR) is 120 cm³/mol. The number of halogens is 1. The highest BCUT2D eigenvalue weighted by molar-refractivity contribution is 6.30. The van der Waals surface area contributed by atoms with Crippen molar-refractivity contribution in [3.8, 4) is 17.1 Å². The normalized spacial score (nSPS) is 10.8. The highest BCUT2D eigenvalue weighted by atomic mass is 35.5. The molecule has 0 aliphatic carbocycles. The Morgan fingerprint density at radius 3 is 2.40 bits per heavy atom. The van der Waals surface area contributed by atoms with Crippen molar-refractivity contribution in [1.29, 1.82) is 0 Å². The molecule has 3 aromatic carbocycles. The molecule has 1 amide bonds. The second-order valence-electron chi connectivity index (χ2n) is 7.24. The molecule has 0 unspecified atom stereocenters. The Balaban J connectivity index is 1.81. The van der Waals surface area contributed by atoms with Gasteiger partial charge < -0.3 is 5.32 Å². The van der Waals surface area contributed by atoms with Crippen LogP contribution >= 0.6 is 11.6 Å². The zero-order valence-corrected chi connectivity index (χ0v) is 17.7. The summed E-state index contributed by atoms with van der Waals surface area (Å²) in [5, 5.41) is 8.11. The van der Waals surface area contributed by atoms with E-state index in [0.717, 1.165) is 33.6 Å². The number of anilines is 1. The first-order valence-corrected chi connectivity index (χ1v) is 9.98. The second-order valence-corrected chi connectivity index (χ2v) is 7.67. The maximum absolute atomic E-state index is 12.9. The van der Waals surface area contributed by atoms with Gasteiger partial charge in [0.2, 0.25) is 5.82 Å². The number of aromatic nitrogens is 3. The van der Waals surface area contributed by atoms with E-state index < -0.39 is 0 Å². The third-order valence-corrected chi connectivity index (χ3v) is 5.15. The van der Waals surface area contributed by atoms with Gasteiger partial charge in [-0.1, -0.05) is 41.9 Å². The van der Waals surface area contributed by atoms with Crippen LogP contribution < -0.4 is 5.32 Å². The molecule has 1 N–H and O–H groups in total. The van der Waals surface area contributed by atoms with E-state index in [-0.39, 0.29) is 11.7 Å². The van der Waals surface area contributed by atoms with Gasteiger partial charge >= 0.3 is 0 Å². The van der Waals surface area contributed by atoms with Crippen molar-refractivity contribution in [2.75, 3.05) is 5.32 Å². The number of para-hydroxylation sites is 1. The van der Waals surface area contributed by atoms with E-state index in [1.165, 1.54) is 0 Å².